The minimum Gasteiger partial charge on any atom is -0.349 e. The van der Waals surface area contributed by atoms with E-state index in [2.05, 4.69) is 43.4 Å². The van der Waals surface area contributed by atoms with Gasteiger partial charge in [0, 0.05) is 10.9 Å². The van der Waals surface area contributed by atoms with Crippen molar-refractivity contribution in [1.29, 1.82) is 0 Å². The monoisotopic (exact) mass is 354 g/mol. The van der Waals surface area contributed by atoms with Gasteiger partial charge in [0.05, 0.1) is 12.0 Å². The number of carbonyl (C=O) groups excluding carboxylic acids is 1. The fourth-order valence-electron chi connectivity index (χ4n) is 4.14. The number of amides is 1. The van der Waals surface area contributed by atoms with E-state index < -0.39 is 0 Å². The predicted octanol–water partition coefficient (Wildman–Crippen LogP) is 3.77. The van der Waals surface area contributed by atoms with Gasteiger partial charge in [0.2, 0.25) is 5.91 Å². The van der Waals surface area contributed by atoms with E-state index in [1.54, 1.807) is 0 Å². The van der Waals surface area contributed by atoms with Gasteiger partial charge in [-0.3, -0.25) is 4.79 Å². The van der Waals surface area contributed by atoms with Crippen LogP contribution in [0, 0.1) is 17.8 Å². The van der Waals surface area contributed by atoms with Crippen LogP contribution in [-0.4, -0.2) is 17.7 Å². The van der Waals surface area contributed by atoms with Gasteiger partial charge in [-0.2, -0.15) is 0 Å². The van der Waals surface area contributed by atoms with Gasteiger partial charge in [-0.1, -0.05) is 19.1 Å². The SMILES string of the molecule is CCSc1ccc(C(C)NC(=O)C2C3CCC(C3)C2N)cc1.Cl. The highest BCUT2D eigenvalue weighted by molar-refractivity contribution is 7.99. The van der Waals surface area contributed by atoms with Crippen LogP contribution in [0.15, 0.2) is 29.2 Å². The molecular formula is C18H27ClN2OS. The lowest BCUT2D eigenvalue weighted by molar-refractivity contribution is -0.127. The number of nitrogens with one attached hydrogen (secondary N) is 1. The molecule has 0 saturated heterocycles. The molecule has 128 valence electrons. The fourth-order valence-corrected chi connectivity index (χ4v) is 4.80. The summed E-state index contributed by atoms with van der Waals surface area (Å²) >= 11 is 1.83. The summed E-state index contributed by atoms with van der Waals surface area (Å²) in [6, 6.07) is 8.60. The second-order valence-electron chi connectivity index (χ2n) is 6.67. The highest BCUT2D eigenvalue weighted by Crippen LogP contribution is 2.47. The number of fused-ring (bicyclic) bond motifs is 2. The van der Waals surface area contributed by atoms with E-state index in [1.807, 2.05) is 11.8 Å². The van der Waals surface area contributed by atoms with Crippen LogP contribution >= 0.6 is 24.2 Å². The van der Waals surface area contributed by atoms with Crippen LogP contribution in [0.25, 0.3) is 0 Å². The summed E-state index contributed by atoms with van der Waals surface area (Å²) in [6.07, 6.45) is 3.53. The van der Waals surface area contributed by atoms with Gasteiger partial charge in [0.1, 0.15) is 0 Å². The molecular weight excluding hydrogens is 328 g/mol. The van der Waals surface area contributed by atoms with Crippen LogP contribution in [-0.2, 0) is 4.79 Å². The molecule has 23 heavy (non-hydrogen) atoms. The van der Waals surface area contributed by atoms with Gasteiger partial charge in [-0.15, -0.1) is 24.2 Å². The van der Waals surface area contributed by atoms with Gasteiger partial charge in [0.15, 0.2) is 0 Å². The number of rotatable bonds is 5. The molecule has 2 aliphatic carbocycles. The maximum absolute atomic E-state index is 12.6. The topological polar surface area (TPSA) is 55.1 Å². The first-order valence-corrected chi connectivity index (χ1v) is 9.37. The van der Waals surface area contributed by atoms with Crippen LogP contribution in [0.4, 0.5) is 0 Å². The smallest absolute Gasteiger partial charge is 0.225 e. The zero-order chi connectivity index (χ0) is 15.7. The van der Waals surface area contributed by atoms with Crippen molar-refractivity contribution in [2.24, 2.45) is 23.5 Å². The van der Waals surface area contributed by atoms with Crippen molar-refractivity contribution in [2.75, 3.05) is 5.75 Å². The maximum Gasteiger partial charge on any atom is 0.225 e. The lowest BCUT2D eigenvalue weighted by Crippen LogP contribution is -2.45. The Kier molecular flexibility index (Phi) is 6.40. The van der Waals surface area contributed by atoms with Crippen LogP contribution < -0.4 is 11.1 Å². The van der Waals surface area contributed by atoms with E-state index in [4.69, 9.17) is 5.73 Å². The van der Waals surface area contributed by atoms with Crippen LogP contribution in [0.2, 0.25) is 0 Å². The fraction of sp³-hybridized carbons (Fsp3) is 0.611. The molecule has 0 radical (unpaired) electrons. The van der Waals surface area contributed by atoms with E-state index >= 15 is 0 Å². The van der Waals surface area contributed by atoms with Crippen molar-refractivity contribution in [2.45, 2.75) is 50.1 Å². The zero-order valence-electron chi connectivity index (χ0n) is 13.8. The molecule has 5 heteroatoms. The summed E-state index contributed by atoms with van der Waals surface area (Å²) < 4.78 is 0. The van der Waals surface area contributed by atoms with E-state index in [0.29, 0.717) is 11.8 Å². The van der Waals surface area contributed by atoms with Crippen molar-refractivity contribution >= 4 is 30.1 Å². The Morgan fingerprint density at radius 1 is 1.30 bits per heavy atom. The first-order valence-electron chi connectivity index (χ1n) is 8.39. The van der Waals surface area contributed by atoms with Crippen LogP contribution in [0.1, 0.15) is 44.7 Å². The molecule has 0 spiro atoms. The van der Waals surface area contributed by atoms with E-state index in [9.17, 15) is 4.79 Å². The molecule has 1 aromatic carbocycles. The number of hydrogen-bond acceptors (Lipinski definition) is 3. The molecule has 1 amide bonds. The molecule has 5 atom stereocenters. The summed E-state index contributed by atoms with van der Waals surface area (Å²) in [7, 11) is 0. The second kappa shape index (κ2) is 7.91. The normalized spacial score (nSPS) is 29.9. The minimum absolute atomic E-state index is 0. The Labute approximate surface area is 149 Å². The average Bonchev–Trinajstić information content (AvgIpc) is 3.09. The predicted molar refractivity (Wildman–Crippen MR) is 98.9 cm³/mol. The van der Waals surface area contributed by atoms with Crippen molar-refractivity contribution in [3.63, 3.8) is 0 Å². The minimum atomic E-state index is 0. The van der Waals surface area contributed by atoms with E-state index in [0.717, 1.165) is 17.7 Å². The van der Waals surface area contributed by atoms with Crippen molar-refractivity contribution < 1.29 is 4.79 Å². The summed E-state index contributed by atoms with van der Waals surface area (Å²) in [5.41, 5.74) is 7.43. The van der Waals surface area contributed by atoms with Gasteiger partial charge in [-0.05, 0) is 61.5 Å². The molecule has 2 saturated carbocycles. The third-order valence-corrected chi connectivity index (χ3v) is 6.23. The Morgan fingerprint density at radius 2 is 1.96 bits per heavy atom. The van der Waals surface area contributed by atoms with E-state index in [-0.39, 0.29) is 36.3 Å². The second-order valence-corrected chi connectivity index (χ2v) is 8.01. The molecule has 3 nitrogen and oxygen atoms in total. The maximum atomic E-state index is 12.6. The van der Waals surface area contributed by atoms with Gasteiger partial charge >= 0.3 is 0 Å². The van der Waals surface area contributed by atoms with Gasteiger partial charge in [0.25, 0.3) is 0 Å². The largest absolute Gasteiger partial charge is 0.349 e. The number of hydrogen-bond donors (Lipinski definition) is 2. The summed E-state index contributed by atoms with van der Waals surface area (Å²) in [5, 5.41) is 3.18. The Hall–Kier alpha value is -0.710. The zero-order valence-corrected chi connectivity index (χ0v) is 15.5. The molecule has 2 fully saturated rings. The summed E-state index contributed by atoms with van der Waals surface area (Å²) in [5.74, 6) is 2.33. The molecule has 2 bridgehead atoms. The third-order valence-electron chi connectivity index (χ3n) is 5.33. The highest BCUT2D eigenvalue weighted by atomic mass is 35.5. The molecule has 0 heterocycles. The highest BCUT2D eigenvalue weighted by Gasteiger charge is 2.49. The molecule has 1 aromatic rings. The average molecular weight is 355 g/mol. The standard InChI is InChI=1S/C18H26N2OS.ClH/c1-3-22-15-8-6-12(7-9-15)11(2)20-18(21)16-13-4-5-14(10-13)17(16)19;/h6-9,11,13-14,16-17H,3-5,10,19H2,1-2H3,(H,20,21);1H. The molecule has 5 unspecified atom stereocenters. The summed E-state index contributed by atoms with van der Waals surface area (Å²) in [6.45, 7) is 4.21. The van der Waals surface area contributed by atoms with Crippen molar-refractivity contribution in [1.82, 2.24) is 5.32 Å². The van der Waals surface area contributed by atoms with Crippen molar-refractivity contribution in [3.8, 4) is 0 Å². The Morgan fingerprint density at radius 3 is 2.52 bits per heavy atom. The quantitative estimate of drug-likeness (QED) is 0.791. The molecule has 3 N–H and O–H groups in total. The molecule has 0 aromatic heterocycles. The van der Waals surface area contributed by atoms with Crippen LogP contribution in [0.3, 0.4) is 0 Å². The first-order chi connectivity index (χ1) is 10.6. The van der Waals surface area contributed by atoms with Crippen LogP contribution in [0.5, 0.6) is 0 Å². The number of halogens is 1. The molecule has 0 aliphatic heterocycles. The molecule has 3 rings (SSSR count). The number of benzene rings is 1. The number of nitrogens with two attached hydrogens (primary N) is 1. The lowest BCUT2D eigenvalue weighted by atomic mass is 9.84. The van der Waals surface area contributed by atoms with Gasteiger partial charge < -0.3 is 11.1 Å². The lowest BCUT2D eigenvalue weighted by Gasteiger charge is -2.28. The van der Waals surface area contributed by atoms with Crippen molar-refractivity contribution in [3.05, 3.63) is 29.8 Å². The summed E-state index contributed by atoms with van der Waals surface area (Å²) in [4.78, 5) is 13.9. The Balaban J connectivity index is 0.00000192. The first kappa shape index (κ1) is 18.6. The van der Waals surface area contributed by atoms with Gasteiger partial charge in [-0.25, -0.2) is 0 Å². The van der Waals surface area contributed by atoms with E-state index in [1.165, 1.54) is 17.7 Å². The third kappa shape index (κ3) is 3.86. The number of carbonyl (C=O) groups is 1. The Bertz CT molecular complexity index is 534. The number of thioether (sulfide) groups is 1. The molecule has 2 aliphatic rings.